The van der Waals surface area contributed by atoms with Crippen molar-refractivity contribution in [1.82, 2.24) is 10.2 Å². The molecule has 1 heterocycles. The predicted molar refractivity (Wildman–Crippen MR) is 105 cm³/mol. The molecule has 0 spiro atoms. The molecule has 2 rings (SSSR count). The van der Waals surface area contributed by atoms with Gasteiger partial charge in [-0.1, -0.05) is 17.7 Å². The van der Waals surface area contributed by atoms with Crippen LogP contribution in [0.3, 0.4) is 0 Å². The van der Waals surface area contributed by atoms with Gasteiger partial charge in [-0.3, -0.25) is 4.99 Å². The summed E-state index contributed by atoms with van der Waals surface area (Å²) in [6, 6.07) is 8.10. The first kappa shape index (κ1) is 20.0. The number of aliphatic imine (C=N–C) groups is 1. The zero-order chi connectivity index (χ0) is 15.8. The van der Waals surface area contributed by atoms with E-state index in [0.29, 0.717) is 12.5 Å². The van der Waals surface area contributed by atoms with Crippen molar-refractivity contribution >= 4 is 29.9 Å². The van der Waals surface area contributed by atoms with Gasteiger partial charge in [0.1, 0.15) is 12.4 Å². The number of halogens is 1. The molecule has 1 N–H and O–H groups in total. The second-order valence-corrected chi connectivity index (χ2v) is 5.75. The molecule has 0 amide bonds. The highest BCUT2D eigenvalue weighted by molar-refractivity contribution is 14.0. The number of guanidine groups is 1. The van der Waals surface area contributed by atoms with Crippen LogP contribution in [0.1, 0.15) is 12.0 Å². The van der Waals surface area contributed by atoms with Crippen molar-refractivity contribution in [3.63, 3.8) is 0 Å². The standard InChI is InChI=1S/C17H27N3O2.HI/c1-14-4-6-16(7-5-14)22-11-9-19-17(18-2)20(3)12-15-8-10-21-13-15;/h4-7,15H,8-13H2,1-3H3,(H,18,19);1H. The number of rotatable bonds is 6. The first-order valence-corrected chi connectivity index (χ1v) is 7.88. The van der Waals surface area contributed by atoms with Gasteiger partial charge in [0.05, 0.1) is 13.2 Å². The van der Waals surface area contributed by atoms with Gasteiger partial charge in [0.25, 0.3) is 0 Å². The molecule has 0 aliphatic carbocycles. The smallest absolute Gasteiger partial charge is 0.193 e. The topological polar surface area (TPSA) is 46.1 Å². The number of benzene rings is 1. The molecular weight excluding hydrogens is 405 g/mol. The lowest BCUT2D eigenvalue weighted by Crippen LogP contribution is -2.42. The van der Waals surface area contributed by atoms with Crippen LogP contribution in [0.2, 0.25) is 0 Å². The van der Waals surface area contributed by atoms with Crippen LogP contribution in [-0.4, -0.2) is 57.9 Å². The minimum atomic E-state index is 0. The first-order chi connectivity index (χ1) is 10.7. The summed E-state index contributed by atoms with van der Waals surface area (Å²) in [6.07, 6.45) is 1.14. The normalized spacial score (nSPS) is 17.5. The molecule has 130 valence electrons. The van der Waals surface area contributed by atoms with E-state index >= 15 is 0 Å². The molecule has 0 radical (unpaired) electrons. The third-order valence-electron chi connectivity index (χ3n) is 3.80. The average molecular weight is 433 g/mol. The molecule has 1 aliphatic rings. The van der Waals surface area contributed by atoms with Gasteiger partial charge < -0.3 is 19.7 Å². The molecule has 1 saturated heterocycles. The van der Waals surface area contributed by atoms with E-state index in [-0.39, 0.29) is 24.0 Å². The van der Waals surface area contributed by atoms with Crippen LogP contribution in [-0.2, 0) is 4.74 Å². The van der Waals surface area contributed by atoms with Gasteiger partial charge >= 0.3 is 0 Å². The lowest BCUT2D eigenvalue weighted by atomic mass is 10.1. The van der Waals surface area contributed by atoms with Gasteiger partial charge in [0.2, 0.25) is 0 Å². The minimum Gasteiger partial charge on any atom is -0.492 e. The van der Waals surface area contributed by atoms with Gasteiger partial charge in [-0.05, 0) is 25.5 Å². The quantitative estimate of drug-likeness (QED) is 0.324. The highest BCUT2D eigenvalue weighted by Gasteiger charge is 2.18. The molecule has 1 fully saturated rings. The molecule has 1 aromatic rings. The highest BCUT2D eigenvalue weighted by atomic mass is 127. The largest absolute Gasteiger partial charge is 0.492 e. The Kier molecular flexibility index (Phi) is 9.31. The van der Waals surface area contributed by atoms with E-state index in [2.05, 4.69) is 41.3 Å². The van der Waals surface area contributed by atoms with Crippen LogP contribution in [0.5, 0.6) is 5.75 Å². The summed E-state index contributed by atoms with van der Waals surface area (Å²) >= 11 is 0. The van der Waals surface area contributed by atoms with Crippen LogP contribution >= 0.6 is 24.0 Å². The van der Waals surface area contributed by atoms with Crippen LogP contribution in [0.25, 0.3) is 0 Å². The molecule has 5 nitrogen and oxygen atoms in total. The zero-order valence-corrected chi connectivity index (χ0v) is 16.6. The van der Waals surface area contributed by atoms with Gasteiger partial charge in [-0.25, -0.2) is 0 Å². The fraction of sp³-hybridized carbons (Fsp3) is 0.588. The summed E-state index contributed by atoms with van der Waals surface area (Å²) in [6.45, 7) is 6.13. The minimum absolute atomic E-state index is 0. The average Bonchev–Trinajstić information content (AvgIpc) is 3.02. The Morgan fingerprint density at radius 3 is 2.74 bits per heavy atom. The maximum Gasteiger partial charge on any atom is 0.193 e. The molecular formula is C17H28IN3O2. The molecule has 1 unspecified atom stereocenters. The number of hydrogen-bond acceptors (Lipinski definition) is 3. The Hall–Kier alpha value is -1.02. The number of aryl methyl sites for hydroxylation is 1. The molecule has 1 aliphatic heterocycles. The molecule has 0 bridgehead atoms. The van der Waals surface area contributed by atoms with Gasteiger partial charge in [0.15, 0.2) is 5.96 Å². The highest BCUT2D eigenvalue weighted by Crippen LogP contribution is 2.13. The van der Waals surface area contributed by atoms with Crippen molar-refractivity contribution < 1.29 is 9.47 Å². The van der Waals surface area contributed by atoms with Crippen molar-refractivity contribution in [1.29, 1.82) is 0 Å². The van der Waals surface area contributed by atoms with Crippen molar-refractivity contribution in [2.45, 2.75) is 13.3 Å². The summed E-state index contributed by atoms with van der Waals surface area (Å²) in [5.74, 6) is 2.41. The van der Waals surface area contributed by atoms with E-state index in [4.69, 9.17) is 9.47 Å². The van der Waals surface area contributed by atoms with E-state index < -0.39 is 0 Å². The van der Waals surface area contributed by atoms with E-state index in [9.17, 15) is 0 Å². The Bertz CT molecular complexity index is 473. The van der Waals surface area contributed by atoms with E-state index in [1.807, 2.05) is 19.2 Å². The number of nitrogens with one attached hydrogen (secondary N) is 1. The second-order valence-electron chi connectivity index (χ2n) is 5.75. The SMILES string of the molecule is CN=C(NCCOc1ccc(C)cc1)N(C)CC1CCOC1.I. The summed E-state index contributed by atoms with van der Waals surface area (Å²) in [5.41, 5.74) is 1.24. The summed E-state index contributed by atoms with van der Waals surface area (Å²) in [5, 5.41) is 3.33. The van der Waals surface area contributed by atoms with Crippen molar-refractivity contribution in [3.05, 3.63) is 29.8 Å². The Labute approximate surface area is 156 Å². The monoisotopic (exact) mass is 433 g/mol. The first-order valence-electron chi connectivity index (χ1n) is 7.88. The van der Waals surface area contributed by atoms with E-state index in [0.717, 1.165) is 44.4 Å². The molecule has 6 heteroatoms. The number of nitrogens with zero attached hydrogens (tertiary/aromatic N) is 2. The Balaban J connectivity index is 0.00000264. The molecule has 23 heavy (non-hydrogen) atoms. The maximum absolute atomic E-state index is 5.71. The van der Waals surface area contributed by atoms with Crippen molar-refractivity contribution in [2.24, 2.45) is 10.9 Å². The van der Waals surface area contributed by atoms with Crippen LogP contribution in [0, 0.1) is 12.8 Å². The molecule has 1 aromatic carbocycles. The molecule has 0 saturated carbocycles. The van der Waals surface area contributed by atoms with Gasteiger partial charge in [-0.2, -0.15) is 0 Å². The zero-order valence-electron chi connectivity index (χ0n) is 14.2. The van der Waals surface area contributed by atoms with Gasteiger partial charge in [0, 0.05) is 33.2 Å². The van der Waals surface area contributed by atoms with Crippen LogP contribution < -0.4 is 10.1 Å². The fourth-order valence-electron chi connectivity index (χ4n) is 2.55. The summed E-state index contributed by atoms with van der Waals surface area (Å²) < 4.78 is 11.1. The Morgan fingerprint density at radius 1 is 1.39 bits per heavy atom. The predicted octanol–water partition coefficient (Wildman–Crippen LogP) is 2.54. The van der Waals surface area contributed by atoms with Crippen molar-refractivity contribution in [3.8, 4) is 5.75 Å². The number of hydrogen-bond donors (Lipinski definition) is 1. The van der Waals surface area contributed by atoms with E-state index in [1.54, 1.807) is 0 Å². The van der Waals surface area contributed by atoms with Crippen LogP contribution in [0.4, 0.5) is 0 Å². The number of ether oxygens (including phenoxy) is 2. The summed E-state index contributed by atoms with van der Waals surface area (Å²) in [4.78, 5) is 6.48. The Morgan fingerprint density at radius 2 is 2.13 bits per heavy atom. The van der Waals surface area contributed by atoms with Gasteiger partial charge in [-0.15, -0.1) is 24.0 Å². The van der Waals surface area contributed by atoms with Crippen molar-refractivity contribution in [2.75, 3.05) is 47.0 Å². The summed E-state index contributed by atoms with van der Waals surface area (Å²) in [7, 11) is 3.87. The third kappa shape index (κ3) is 6.95. The lowest BCUT2D eigenvalue weighted by molar-refractivity contribution is 0.181. The molecule has 0 aromatic heterocycles. The second kappa shape index (κ2) is 10.7. The maximum atomic E-state index is 5.71. The molecule has 1 atom stereocenters. The lowest BCUT2D eigenvalue weighted by Gasteiger charge is -2.24. The van der Waals surface area contributed by atoms with Crippen LogP contribution in [0.15, 0.2) is 29.3 Å². The fourth-order valence-corrected chi connectivity index (χ4v) is 2.55. The van der Waals surface area contributed by atoms with E-state index in [1.165, 1.54) is 5.56 Å². The third-order valence-corrected chi connectivity index (χ3v) is 3.80.